The van der Waals surface area contributed by atoms with Crippen molar-refractivity contribution >= 4 is 5.91 Å². The number of fused-ring (bicyclic) bond motifs is 1. The van der Waals surface area contributed by atoms with Gasteiger partial charge < -0.3 is 14.2 Å². The van der Waals surface area contributed by atoms with Gasteiger partial charge in [0.2, 0.25) is 0 Å². The van der Waals surface area contributed by atoms with Gasteiger partial charge in [-0.05, 0) is 49.8 Å². The van der Waals surface area contributed by atoms with Crippen LogP contribution in [0.15, 0.2) is 24.3 Å². The maximum Gasteiger partial charge on any atom is 0.260 e. The van der Waals surface area contributed by atoms with Crippen molar-refractivity contribution in [3.63, 3.8) is 0 Å². The van der Waals surface area contributed by atoms with Crippen molar-refractivity contribution in [1.29, 1.82) is 0 Å². The van der Waals surface area contributed by atoms with Gasteiger partial charge in [-0.3, -0.25) is 4.79 Å². The minimum Gasteiger partial charge on any atom is -0.484 e. The molecule has 0 N–H and O–H groups in total. The minimum absolute atomic E-state index is 0.0554. The van der Waals surface area contributed by atoms with Crippen LogP contribution >= 0.6 is 0 Å². The average Bonchev–Trinajstić information content (AvgIpc) is 3.00. The van der Waals surface area contributed by atoms with E-state index in [1.54, 1.807) is 0 Å². The third kappa shape index (κ3) is 4.21. The molecule has 150 valence electrons. The van der Waals surface area contributed by atoms with Gasteiger partial charge >= 0.3 is 0 Å². The molecular weight excluding hydrogens is 352 g/mol. The van der Waals surface area contributed by atoms with Crippen molar-refractivity contribution < 1.29 is 9.53 Å². The summed E-state index contributed by atoms with van der Waals surface area (Å²) in [6.45, 7) is 4.75. The lowest BCUT2D eigenvalue weighted by molar-refractivity contribution is -0.134. The molecule has 1 unspecified atom stereocenters. The van der Waals surface area contributed by atoms with E-state index in [2.05, 4.69) is 21.7 Å². The number of aryl methyl sites for hydroxylation is 2. The number of benzene rings is 1. The monoisotopic (exact) mass is 382 g/mol. The molecule has 1 aromatic carbocycles. The van der Waals surface area contributed by atoms with Gasteiger partial charge in [0.05, 0.1) is 0 Å². The molecule has 6 nitrogen and oxygen atoms in total. The largest absolute Gasteiger partial charge is 0.484 e. The molecule has 28 heavy (non-hydrogen) atoms. The number of ether oxygens (including phenoxy) is 1. The lowest BCUT2D eigenvalue weighted by Crippen LogP contribution is -2.42. The molecule has 2 aliphatic rings. The van der Waals surface area contributed by atoms with E-state index in [1.807, 2.05) is 29.2 Å². The predicted molar refractivity (Wildman–Crippen MR) is 107 cm³/mol. The summed E-state index contributed by atoms with van der Waals surface area (Å²) in [5.74, 6) is 3.28. The van der Waals surface area contributed by atoms with Crippen molar-refractivity contribution in [2.45, 2.75) is 64.3 Å². The van der Waals surface area contributed by atoms with Crippen LogP contribution in [-0.4, -0.2) is 45.3 Å². The van der Waals surface area contributed by atoms with Crippen LogP contribution in [-0.2, 0) is 24.2 Å². The number of hydrogen-bond acceptors (Lipinski definition) is 4. The molecule has 3 heterocycles. The number of likely N-dealkylation sites (tertiary alicyclic amines) is 1. The van der Waals surface area contributed by atoms with Crippen molar-refractivity contribution in [1.82, 2.24) is 19.7 Å². The van der Waals surface area contributed by atoms with Gasteiger partial charge in [-0.25, -0.2) is 0 Å². The lowest BCUT2D eigenvalue weighted by atomic mass is 9.97. The average molecular weight is 383 g/mol. The SMILES string of the molecule is CCc1ccc(OCC(=O)N2CCCC(c3nnc4n3CCCCC4)C2)cc1. The quantitative estimate of drug-likeness (QED) is 0.796. The van der Waals surface area contributed by atoms with E-state index in [0.717, 1.165) is 62.7 Å². The van der Waals surface area contributed by atoms with Crippen LogP contribution in [0, 0.1) is 0 Å². The number of carbonyl (C=O) groups excluding carboxylic acids is 1. The maximum atomic E-state index is 12.7. The van der Waals surface area contributed by atoms with E-state index in [9.17, 15) is 4.79 Å². The smallest absolute Gasteiger partial charge is 0.260 e. The van der Waals surface area contributed by atoms with E-state index < -0.39 is 0 Å². The molecule has 1 aromatic heterocycles. The fourth-order valence-corrected chi connectivity index (χ4v) is 4.28. The van der Waals surface area contributed by atoms with Gasteiger partial charge in [-0.1, -0.05) is 25.5 Å². The normalized spacial score (nSPS) is 19.8. The second kappa shape index (κ2) is 8.76. The topological polar surface area (TPSA) is 60.2 Å². The Morgan fingerprint density at radius 3 is 2.79 bits per heavy atom. The number of amides is 1. The maximum absolute atomic E-state index is 12.7. The van der Waals surface area contributed by atoms with E-state index >= 15 is 0 Å². The molecule has 0 aliphatic carbocycles. The van der Waals surface area contributed by atoms with Crippen LogP contribution in [0.25, 0.3) is 0 Å². The second-order valence-corrected chi connectivity index (χ2v) is 7.90. The number of piperidine rings is 1. The number of aromatic nitrogens is 3. The molecule has 0 saturated carbocycles. The summed E-state index contributed by atoms with van der Waals surface area (Å²) in [7, 11) is 0. The minimum atomic E-state index is 0.0554. The Bertz CT molecular complexity index is 799. The Balaban J connectivity index is 1.36. The van der Waals surface area contributed by atoms with Crippen LogP contribution < -0.4 is 4.74 Å². The molecule has 2 aromatic rings. The van der Waals surface area contributed by atoms with Gasteiger partial charge in [0, 0.05) is 32.0 Å². The molecule has 1 atom stereocenters. The molecular formula is C22H30N4O2. The first-order chi connectivity index (χ1) is 13.7. The number of rotatable bonds is 5. The van der Waals surface area contributed by atoms with Gasteiger partial charge in [-0.2, -0.15) is 0 Å². The summed E-state index contributed by atoms with van der Waals surface area (Å²) >= 11 is 0. The van der Waals surface area contributed by atoms with E-state index in [4.69, 9.17) is 4.74 Å². The van der Waals surface area contributed by atoms with Gasteiger partial charge in [0.1, 0.15) is 17.4 Å². The summed E-state index contributed by atoms with van der Waals surface area (Å²) in [5, 5.41) is 8.95. The molecule has 1 amide bonds. The molecule has 6 heteroatoms. The molecule has 4 rings (SSSR count). The zero-order chi connectivity index (χ0) is 19.3. The Kier molecular flexibility index (Phi) is 5.93. The van der Waals surface area contributed by atoms with Crippen molar-refractivity contribution in [3.8, 4) is 5.75 Å². The highest BCUT2D eigenvalue weighted by Crippen LogP contribution is 2.28. The summed E-state index contributed by atoms with van der Waals surface area (Å²) in [5.41, 5.74) is 1.27. The summed E-state index contributed by atoms with van der Waals surface area (Å²) in [4.78, 5) is 14.6. The Morgan fingerprint density at radius 2 is 1.96 bits per heavy atom. The van der Waals surface area contributed by atoms with Crippen molar-refractivity contribution in [3.05, 3.63) is 41.5 Å². The standard InChI is InChI=1S/C22H30N4O2/c1-2-17-9-11-19(12-10-17)28-16-21(27)25-13-6-7-18(15-25)22-24-23-20-8-4-3-5-14-26(20)22/h9-12,18H,2-8,13-16H2,1H3. The van der Waals surface area contributed by atoms with Crippen LogP contribution in [0.5, 0.6) is 5.75 Å². The first-order valence-corrected chi connectivity index (χ1v) is 10.7. The summed E-state index contributed by atoms with van der Waals surface area (Å²) < 4.78 is 8.05. The highest BCUT2D eigenvalue weighted by molar-refractivity contribution is 5.78. The number of hydrogen-bond donors (Lipinski definition) is 0. The molecule has 2 aliphatic heterocycles. The molecule has 0 spiro atoms. The Labute approximate surface area is 166 Å². The molecule has 1 fully saturated rings. The van der Waals surface area contributed by atoms with E-state index in [1.165, 1.54) is 24.8 Å². The second-order valence-electron chi connectivity index (χ2n) is 7.90. The fraction of sp³-hybridized carbons (Fsp3) is 0.591. The first kappa shape index (κ1) is 19.0. The van der Waals surface area contributed by atoms with Gasteiger partial charge in [-0.15, -0.1) is 10.2 Å². The Morgan fingerprint density at radius 1 is 1.11 bits per heavy atom. The highest BCUT2D eigenvalue weighted by Gasteiger charge is 2.29. The molecule has 0 radical (unpaired) electrons. The van der Waals surface area contributed by atoms with Crippen LogP contribution in [0.3, 0.4) is 0 Å². The Hall–Kier alpha value is -2.37. The van der Waals surface area contributed by atoms with E-state index in [-0.39, 0.29) is 18.4 Å². The van der Waals surface area contributed by atoms with Crippen LogP contribution in [0.4, 0.5) is 0 Å². The fourth-order valence-electron chi connectivity index (χ4n) is 4.28. The zero-order valence-corrected chi connectivity index (χ0v) is 16.8. The highest BCUT2D eigenvalue weighted by atomic mass is 16.5. The van der Waals surface area contributed by atoms with E-state index in [0.29, 0.717) is 0 Å². The van der Waals surface area contributed by atoms with Crippen LogP contribution in [0.2, 0.25) is 0 Å². The predicted octanol–water partition coefficient (Wildman–Crippen LogP) is 3.35. The van der Waals surface area contributed by atoms with Crippen LogP contribution in [0.1, 0.15) is 62.2 Å². The number of nitrogens with zero attached hydrogens (tertiary/aromatic N) is 4. The first-order valence-electron chi connectivity index (χ1n) is 10.7. The summed E-state index contributed by atoms with van der Waals surface area (Å²) in [6, 6.07) is 7.98. The molecule has 0 bridgehead atoms. The van der Waals surface area contributed by atoms with Gasteiger partial charge in [0.25, 0.3) is 5.91 Å². The van der Waals surface area contributed by atoms with Gasteiger partial charge in [0.15, 0.2) is 6.61 Å². The third-order valence-corrected chi connectivity index (χ3v) is 5.97. The van der Waals surface area contributed by atoms with Crippen molar-refractivity contribution in [2.75, 3.05) is 19.7 Å². The number of carbonyl (C=O) groups is 1. The third-order valence-electron chi connectivity index (χ3n) is 5.97. The zero-order valence-electron chi connectivity index (χ0n) is 16.8. The van der Waals surface area contributed by atoms with Crippen molar-refractivity contribution in [2.24, 2.45) is 0 Å². The summed E-state index contributed by atoms with van der Waals surface area (Å²) in [6.07, 6.45) is 7.75. The molecule has 1 saturated heterocycles. The lowest BCUT2D eigenvalue weighted by Gasteiger charge is -2.32.